The van der Waals surface area contributed by atoms with E-state index < -0.39 is 17.9 Å². The van der Waals surface area contributed by atoms with Gasteiger partial charge in [-0.2, -0.15) is 0 Å². The summed E-state index contributed by atoms with van der Waals surface area (Å²) >= 11 is 9.13. The van der Waals surface area contributed by atoms with Crippen molar-refractivity contribution < 1.29 is 18.7 Å². The molecule has 8 heteroatoms. The highest BCUT2D eigenvalue weighted by molar-refractivity contribution is 9.10. The van der Waals surface area contributed by atoms with E-state index in [0.29, 0.717) is 20.8 Å². The van der Waals surface area contributed by atoms with Crippen molar-refractivity contribution in [2.75, 3.05) is 0 Å². The average molecular weight is 430 g/mol. The molecule has 0 spiro atoms. The van der Waals surface area contributed by atoms with Crippen LogP contribution in [0.25, 0.3) is 0 Å². The summed E-state index contributed by atoms with van der Waals surface area (Å²) in [5, 5.41) is 0.532. The van der Waals surface area contributed by atoms with Gasteiger partial charge in [-0.05, 0) is 58.7 Å². The minimum atomic E-state index is -0.844. The molecule has 2 rings (SSSR count). The van der Waals surface area contributed by atoms with Crippen LogP contribution in [0, 0.1) is 5.82 Å². The van der Waals surface area contributed by atoms with Crippen molar-refractivity contribution in [1.82, 2.24) is 10.9 Å². The third kappa shape index (κ3) is 6.03. The van der Waals surface area contributed by atoms with Crippen LogP contribution in [0.5, 0.6) is 5.75 Å². The molecule has 0 fully saturated rings. The zero-order chi connectivity index (χ0) is 18.4. The lowest BCUT2D eigenvalue weighted by Gasteiger charge is -2.16. The van der Waals surface area contributed by atoms with Crippen molar-refractivity contribution in [3.05, 3.63) is 63.3 Å². The summed E-state index contributed by atoms with van der Waals surface area (Å²) in [5.74, 6) is -0.879. The van der Waals surface area contributed by atoms with E-state index in [1.807, 2.05) is 0 Å². The van der Waals surface area contributed by atoms with Crippen molar-refractivity contribution in [2.24, 2.45) is 0 Å². The van der Waals surface area contributed by atoms with Crippen molar-refractivity contribution in [2.45, 2.75) is 19.4 Å². The van der Waals surface area contributed by atoms with Gasteiger partial charge < -0.3 is 4.74 Å². The second kappa shape index (κ2) is 8.82. The molecule has 1 atom stereocenters. The molecule has 0 heterocycles. The highest BCUT2D eigenvalue weighted by atomic mass is 79.9. The van der Waals surface area contributed by atoms with E-state index in [9.17, 15) is 14.0 Å². The van der Waals surface area contributed by atoms with Gasteiger partial charge in [0.05, 0.1) is 10.9 Å². The molecule has 5 nitrogen and oxygen atoms in total. The first kappa shape index (κ1) is 19.2. The van der Waals surface area contributed by atoms with Crippen LogP contribution in [0.3, 0.4) is 0 Å². The van der Waals surface area contributed by atoms with Crippen LogP contribution < -0.4 is 15.6 Å². The van der Waals surface area contributed by atoms with Gasteiger partial charge in [-0.15, -0.1) is 0 Å². The maximum Gasteiger partial charge on any atom is 0.279 e. The fourth-order valence-corrected chi connectivity index (χ4v) is 2.66. The molecule has 1 unspecified atom stereocenters. The van der Waals surface area contributed by atoms with E-state index >= 15 is 0 Å². The molecule has 0 aliphatic heterocycles. The van der Waals surface area contributed by atoms with Gasteiger partial charge in [0.15, 0.2) is 6.10 Å². The zero-order valence-electron chi connectivity index (χ0n) is 13.2. The first-order valence-corrected chi connectivity index (χ1v) is 8.47. The number of hydrazine groups is 1. The standard InChI is InChI=1S/C17H15BrClFN2O3/c1-10(25-15-7-4-12(19)9-14(15)18)17(24)22-21-16(23)8-11-2-5-13(20)6-3-11/h2-7,9-10H,8H2,1H3,(H,21,23)(H,22,24). The third-order valence-corrected chi connectivity index (χ3v) is 4.02. The predicted octanol–water partition coefficient (Wildman–Crippen LogP) is 3.40. The topological polar surface area (TPSA) is 67.4 Å². The maximum absolute atomic E-state index is 12.8. The Labute approximate surface area is 157 Å². The summed E-state index contributed by atoms with van der Waals surface area (Å²) in [6, 6.07) is 10.4. The number of amides is 2. The average Bonchev–Trinajstić information content (AvgIpc) is 2.57. The smallest absolute Gasteiger partial charge is 0.279 e. The Balaban J connectivity index is 1.82. The largest absolute Gasteiger partial charge is 0.480 e. The van der Waals surface area contributed by atoms with Gasteiger partial charge in [0, 0.05) is 5.02 Å². The summed E-state index contributed by atoms with van der Waals surface area (Å²) in [6.07, 6.45) is -0.831. The quantitative estimate of drug-likeness (QED) is 0.716. The number of rotatable bonds is 5. The van der Waals surface area contributed by atoms with Crippen LogP contribution in [-0.2, 0) is 16.0 Å². The molecule has 0 aliphatic carbocycles. The summed E-state index contributed by atoms with van der Waals surface area (Å²) < 4.78 is 18.9. The third-order valence-electron chi connectivity index (χ3n) is 3.17. The van der Waals surface area contributed by atoms with E-state index in [2.05, 4.69) is 26.8 Å². The Hall–Kier alpha value is -2.12. The molecule has 0 bridgehead atoms. The lowest BCUT2D eigenvalue weighted by atomic mass is 10.1. The van der Waals surface area contributed by atoms with E-state index in [4.69, 9.17) is 16.3 Å². The molecule has 25 heavy (non-hydrogen) atoms. The molecule has 0 aliphatic rings. The summed E-state index contributed by atoms with van der Waals surface area (Å²) in [6.45, 7) is 1.54. The highest BCUT2D eigenvalue weighted by Gasteiger charge is 2.17. The molecular formula is C17H15BrClFN2O3. The van der Waals surface area contributed by atoms with Crippen molar-refractivity contribution in [1.29, 1.82) is 0 Å². The SMILES string of the molecule is CC(Oc1ccc(Cl)cc1Br)C(=O)NNC(=O)Cc1ccc(F)cc1. The Morgan fingerprint density at radius 3 is 2.52 bits per heavy atom. The van der Waals surface area contributed by atoms with Gasteiger partial charge in [-0.3, -0.25) is 20.4 Å². The van der Waals surface area contributed by atoms with E-state index in [-0.39, 0.29) is 12.2 Å². The fraction of sp³-hybridized carbons (Fsp3) is 0.176. The molecule has 0 aromatic heterocycles. The number of ether oxygens (including phenoxy) is 1. The molecule has 2 amide bonds. The normalized spacial score (nSPS) is 11.5. The maximum atomic E-state index is 12.8. The summed E-state index contributed by atoms with van der Waals surface area (Å²) in [7, 11) is 0. The van der Waals surface area contributed by atoms with E-state index in [1.54, 1.807) is 25.1 Å². The molecular weight excluding hydrogens is 415 g/mol. The Bertz CT molecular complexity index is 771. The summed E-state index contributed by atoms with van der Waals surface area (Å²) in [4.78, 5) is 23.8. The summed E-state index contributed by atoms with van der Waals surface area (Å²) in [5.41, 5.74) is 5.20. The number of hydrogen-bond donors (Lipinski definition) is 2. The first-order chi connectivity index (χ1) is 11.8. The van der Waals surface area contributed by atoms with E-state index in [1.165, 1.54) is 24.3 Å². The molecule has 0 radical (unpaired) electrons. The van der Waals surface area contributed by atoms with Gasteiger partial charge >= 0.3 is 0 Å². The number of benzene rings is 2. The molecule has 132 valence electrons. The number of hydrogen-bond acceptors (Lipinski definition) is 3. The van der Waals surface area contributed by atoms with Gasteiger partial charge in [-0.1, -0.05) is 23.7 Å². The number of carbonyl (C=O) groups is 2. The van der Waals surface area contributed by atoms with Crippen LogP contribution in [0.2, 0.25) is 5.02 Å². The Kier molecular flexibility index (Phi) is 6.78. The molecule has 0 saturated carbocycles. The van der Waals surface area contributed by atoms with Crippen LogP contribution in [0.4, 0.5) is 4.39 Å². The minimum Gasteiger partial charge on any atom is -0.480 e. The van der Waals surface area contributed by atoms with Gasteiger partial charge in [0.1, 0.15) is 11.6 Å². The molecule has 0 saturated heterocycles. The first-order valence-electron chi connectivity index (χ1n) is 7.30. The highest BCUT2D eigenvalue weighted by Crippen LogP contribution is 2.28. The van der Waals surface area contributed by atoms with Crippen LogP contribution >= 0.6 is 27.5 Å². The molecule has 2 aromatic carbocycles. The van der Waals surface area contributed by atoms with Crippen LogP contribution in [0.1, 0.15) is 12.5 Å². The zero-order valence-corrected chi connectivity index (χ0v) is 15.5. The fourth-order valence-electron chi connectivity index (χ4n) is 1.88. The second-order valence-electron chi connectivity index (χ2n) is 5.18. The molecule has 2 N–H and O–H groups in total. The van der Waals surface area contributed by atoms with Gasteiger partial charge in [-0.25, -0.2) is 4.39 Å². The Morgan fingerprint density at radius 1 is 1.20 bits per heavy atom. The van der Waals surface area contributed by atoms with Gasteiger partial charge in [0.25, 0.3) is 5.91 Å². The van der Waals surface area contributed by atoms with Crippen molar-refractivity contribution in [3.63, 3.8) is 0 Å². The predicted molar refractivity (Wildman–Crippen MR) is 95.6 cm³/mol. The van der Waals surface area contributed by atoms with E-state index in [0.717, 1.165) is 0 Å². The lowest BCUT2D eigenvalue weighted by molar-refractivity contribution is -0.132. The Morgan fingerprint density at radius 2 is 1.88 bits per heavy atom. The van der Waals surface area contributed by atoms with Crippen molar-refractivity contribution >= 4 is 39.3 Å². The number of nitrogens with one attached hydrogen (secondary N) is 2. The number of halogens is 3. The van der Waals surface area contributed by atoms with Crippen molar-refractivity contribution in [3.8, 4) is 5.75 Å². The van der Waals surface area contributed by atoms with Gasteiger partial charge in [0.2, 0.25) is 5.91 Å². The lowest BCUT2D eigenvalue weighted by Crippen LogP contribution is -2.47. The van der Waals surface area contributed by atoms with Crippen LogP contribution in [-0.4, -0.2) is 17.9 Å². The molecule has 2 aromatic rings. The monoisotopic (exact) mass is 428 g/mol. The minimum absolute atomic E-state index is 0.0124. The second-order valence-corrected chi connectivity index (χ2v) is 6.47. The van der Waals surface area contributed by atoms with Crippen LogP contribution in [0.15, 0.2) is 46.9 Å². The number of carbonyl (C=O) groups excluding carboxylic acids is 2.